The number of phosphoric ester groups is 4. The lowest BCUT2D eigenvalue weighted by atomic mass is 9.99. The van der Waals surface area contributed by atoms with Crippen LogP contribution < -0.4 is 45.3 Å². The van der Waals surface area contributed by atoms with Crippen LogP contribution in [-0.4, -0.2) is 257 Å². The number of rotatable bonds is 36. The summed E-state index contributed by atoms with van der Waals surface area (Å²) in [5, 5.41) is 35.6. The molecule has 0 spiro atoms. The molecule has 84 heteroatoms. The number of aliphatic hydroxyl groups excluding tert-OH is 4. The Morgan fingerprint density at radius 1 is 0.363 bits per heavy atom. The number of anilines is 2. The molecule has 8 unspecified atom stereocenters. The van der Waals surface area contributed by atoms with E-state index in [4.69, 9.17) is 159 Å². The van der Waals surface area contributed by atoms with Gasteiger partial charge in [-0.05, 0) is 12.1 Å². The summed E-state index contributed by atoms with van der Waals surface area (Å²) in [6.07, 6.45) is -9.22. The van der Waals surface area contributed by atoms with Gasteiger partial charge in [-0.2, -0.15) is 44.5 Å². The summed E-state index contributed by atoms with van der Waals surface area (Å²) in [5.74, 6) is -1.54. The Labute approximate surface area is 711 Å². The highest BCUT2D eigenvalue weighted by Gasteiger charge is 2.61. The zero-order chi connectivity index (χ0) is 95.3. The van der Waals surface area contributed by atoms with E-state index >= 15 is 0 Å². The molecule has 4 saturated heterocycles. The summed E-state index contributed by atoms with van der Waals surface area (Å²) in [6.45, 7) is -8.10. The van der Waals surface area contributed by atoms with Crippen LogP contribution in [0.1, 0.15) is 24.9 Å². The molecule has 712 valence electrons. The first kappa shape index (κ1) is 112. The van der Waals surface area contributed by atoms with Crippen molar-refractivity contribution in [2.75, 3.05) is 63.0 Å². The van der Waals surface area contributed by atoms with Gasteiger partial charge in [-0.3, -0.25) is 55.9 Å². The normalized spacial score (nSPS) is 30.6. The Bertz CT molecular complexity index is 5170. The molecule has 0 amide bonds. The molecule has 4 fully saturated rings. The maximum absolute atomic E-state index is 13.8. The number of aliphatic hydroxyl groups is 4. The molecular weight excluding hydrogens is 2110 g/mol. The zero-order valence-electron chi connectivity index (χ0n) is 59.3. The lowest BCUT2D eigenvalue weighted by Crippen LogP contribution is -2.48. The lowest BCUT2D eigenvalue weighted by Gasteiger charge is -2.30. The number of nitrogens with two attached hydrogens (primary N) is 2. The Morgan fingerprint density at radius 3 is 0.782 bits per heavy atom. The second-order valence-corrected chi connectivity index (χ2v) is 44.2. The fraction of sp³-hybridized carbons (Fsp3) is 0.600. The predicted octanol–water partition coefficient (Wildman–Crippen LogP) is -2.54. The number of aromatic amines is 2. The van der Waals surface area contributed by atoms with Gasteiger partial charge in [-0.15, -0.1) is 69.6 Å². The van der Waals surface area contributed by atoms with E-state index in [9.17, 15) is 132 Å². The van der Waals surface area contributed by atoms with Crippen molar-refractivity contribution in [3.8, 4) is 0 Å². The maximum Gasteiger partial charge on any atom is 0.490 e. The topological polar surface area (TPSA) is 989 Å². The number of hydrogen-bond acceptors (Lipinski definition) is 42. The average Bonchev–Trinajstić information content (AvgIpc) is 1.63. The number of halogens is 8. The molecule has 0 saturated carbocycles. The minimum absolute atomic E-state index is 0.109. The molecule has 24 atom stereocenters. The molecule has 4 aliphatic rings. The summed E-state index contributed by atoms with van der Waals surface area (Å²) in [4.78, 5) is 223. The van der Waals surface area contributed by atoms with Gasteiger partial charge < -0.3 is 129 Å². The number of phosphoric acid groups is 12. The number of ether oxygens (including phenoxy) is 4. The molecule has 0 radical (unpaired) electrons. The van der Waals surface area contributed by atoms with E-state index in [-0.39, 0.29) is 11.6 Å². The predicted molar refractivity (Wildman–Crippen MR) is 395 cm³/mol. The molecule has 0 aromatic carbocycles. The first-order valence-electron chi connectivity index (χ1n) is 30.7. The van der Waals surface area contributed by atoms with Gasteiger partial charge in [-0.25, -0.2) is 82.7 Å². The number of H-pyrrole nitrogens is 2. The molecule has 26 N–H and O–H groups in total. The highest BCUT2D eigenvalue weighted by atomic mass is 35.5. The van der Waals surface area contributed by atoms with Crippen LogP contribution in [0.2, 0.25) is 0 Å². The van der Waals surface area contributed by atoms with Crippen molar-refractivity contribution >= 4 is 175 Å². The number of aromatic nitrogens is 8. The van der Waals surface area contributed by atoms with E-state index in [1.54, 1.807) is 0 Å². The van der Waals surface area contributed by atoms with Crippen molar-refractivity contribution in [2.24, 2.45) is 0 Å². The van der Waals surface area contributed by atoms with Crippen LogP contribution in [0.5, 0.6) is 0 Å². The molecule has 4 aliphatic heterocycles. The smallest absolute Gasteiger partial charge is 0.388 e. The van der Waals surface area contributed by atoms with Crippen LogP contribution in [0, 0.1) is 0 Å². The van der Waals surface area contributed by atoms with Gasteiger partial charge in [0.15, 0.2) is 36.1 Å². The number of nitrogen functional groups attached to an aromatic ring is 2. The SMILES string of the molecule is Nc1ccn([C@@H]2O[C@](CCl)(COP(=O)(O)OP(=O)(O)OP(=O)(O)O)[C@@H](O)[C@H]2Cl)c(=O)n1.Nc1ccn([C@@H]2O[C@](CF)(COP(=O)(O)OP(=O)(O)OP(=O)(O)O)[C@@H](O)[C@H]2Cl)c(=O)n1.O=c1ccn([C@@H]2O[C@](CCl)(COP(=O)(O)OP(=O)(O)OP(=O)(O)O)[C@@H](O)[C@H]2Cl)c(=O)[nH]1.O=c1ccn([C@@H]2O[C@](CF)(COP(=O)(O)OP(=O)(O)OP(=O)(O)O)[C@@H](O)[C@H]2Cl)c(=O)[nH]1. The van der Waals surface area contributed by atoms with Crippen molar-refractivity contribution in [2.45, 2.75) is 93.2 Å². The molecular formula is C40H62Cl6F2N10O54P12. The van der Waals surface area contributed by atoms with Crippen molar-refractivity contribution < 1.29 is 234 Å². The van der Waals surface area contributed by atoms with Crippen molar-refractivity contribution in [1.82, 2.24) is 38.2 Å². The summed E-state index contributed by atoms with van der Waals surface area (Å²) in [5.41, 5.74) is -3.75. The molecule has 0 aliphatic carbocycles. The van der Waals surface area contributed by atoms with E-state index in [1.807, 2.05) is 9.97 Å². The standard InChI is InChI=1S/C10H16Cl2N3O13P3.C10H15Cl2N2O14P3.C10H16ClFN3O13P3.C10H15ClFN2O14P3/c11-3-10(4-25-30(21,22)28-31(23,24)27-29(18,19)20)7(16)6(12)8(26-10)15-2-1-5(13)14-9(15)17;11-3-10(4-25-30(21,22)28-31(23,24)27-29(18,19)20)7(16)6(12)8(26-10)14-2-1-5(15)13-9(14)17;11-6-7(16)10(3-12,26-8(6)15-2-1-5(13)14-9(15)17)4-25-30(21,22)28-31(23,24)27-29(18,19)20;11-6-7(16)10(3-12,26-8(6)14-2-1-5(15)13-9(14)17)4-25-30(21,22)28-31(23,24)27-29(18,19)20/h1-2,6-8,16H,3-4H2,(H,21,22)(H,23,24)(H2,13,14,17)(H2,18,19,20);1-2,6-8,16H,3-4H2,(H,21,22)(H,23,24)(H,13,15,17)(H2,18,19,20);1-2,6-8,16H,3-4H2,(H,21,22)(H,23,24)(H2,13,14,17)(H2,18,19,20);1-2,6-8,16H,3-4H2,(H,21,22)(H,23,24)(H,13,15,17)(H2,18,19,20)/t4*6-,7+,8-,10-/m1111/s1. The van der Waals surface area contributed by atoms with Crippen LogP contribution in [-0.2, 0) is 126 Å². The van der Waals surface area contributed by atoms with E-state index in [0.29, 0.717) is 4.57 Å². The first-order valence-corrected chi connectivity index (χ1v) is 51.6. The van der Waals surface area contributed by atoms with E-state index < -0.39 is 273 Å². The summed E-state index contributed by atoms with van der Waals surface area (Å²) in [6, 6.07) is 4.24. The van der Waals surface area contributed by atoms with E-state index in [2.05, 4.69) is 62.5 Å². The van der Waals surface area contributed by atoms with Crippen molar-refractivity contribution in [3.05, 3.63) is 112 Å². The second-order valence-electron chi connectivity index (χ2n) is 24.0. The minimum Gasteiger partial charge on any atom is -0.388 e. The number of alkyl halides is 8. The zero-order valence-corrected chi connectivity index (χ0v) is 74.5. The van der Waals surface area contributed by atoms with E-state index in [0.717, 1.165) is 50.6 Å². The van der Waals surface area contributed by atoms with Gasteiger partial charge in [0.2, 0.25) is 0 Å². The lowest BCUT2D eigenvalue weighted by molar-refractivity contribution is -0.135. The number of hydrogen-bond donors (Lipinski definition) is 24. The Balaban J connectivity index is 0.000000294. The van der Waals surface area contributed by atoms with Gasteiger partial charge in [0.25, 0.3) is 11.1 Å². The highest BCUT2D eigenvalue weighted by Crippen LogP contribution is 2.70. The van der Waals surface area contributed by atoms with Crippen LogP contribution in [0.15, 0.2) is 77.8 Å². The molecule has 64 nitrogen and oxygen atoms in total. The Kier molecular flexibility index (Phi) is 38.4. The van der Waals surface area contributed by atoms with E-state index in [1.165, 1.54) is 12.1 Å². The van der Waals surface area contributed by atoms with Crippen LogP contribution in [0.4, 0.5) is 20.4 Å². The van der Waals surface area contributed by atoms with Gasteiger partial charge in [-0.1, -0.05) is 0 Å². The Morgan fingerprint density at radius 2 is 0.573 bits per heavy atom. The van der Waals surface area contributed by atoms with Crippen LogP contribution in [0.25, 0.3) is 0 Å². The van der Waals surface area contributed by atoms with Gasteiger partial charge >= 0.3 is 117 Å². The molecule has 4 aromatic heterocycles. The van der Waals surface area contributed by atoms with Gasteiger partial charge in [0.05, 0.1) is 38.2 Å². The monoisotopic (exact) mass is 2170 g/mol. The third kappa shape index (κ3) is 31.9. The second kappa shape index (κ2) is 42.5. The fourth-order valence-electron chi connectivity index (χ4n) is 9.67. The summed E-state index contributed by atoms with van der Waals surface area (Å²) in [7, 11) is -68.0. The molecule has 124 heavy (non-hydrogen) atoms. The third-order valence-corrected chi connectivity index (χ3v) is 32.7. The minimum atomic E-state index is -5.83. The quantitative estimate of drug-likeness (QED) is 0.0165. The molecule has 8 heterocycles. The molecule has 8 rings (SSSR count). The van der Waals surface area contributed by atoms with Crippen LogP contribution in [0.3, 0.4) is 0 Å². The fourth-order valence-corrected chi connectivity index (χ4v) is 24.2. The largest absolute Gasteiger partial charge is 0.490 e. The number of nitrogens with one attached hydrogen (secondary N) is 2. The summed E-state index contributed by atoms with van der Waals surface area (Å²) >= 11 is 35.7. The molecule has 0 bridgehead atoms. The Hall–Kier alpha value is -2.36. The summed E-state index contributed by atoms with van der Waals surface area (Å²) < 4.78 is 233. The first-order chi connectivity index (χ1) is 56.0. The highest BCUT2D eigenvalue weighted by molar-refractivity contribution is 7.68. The molecule has 4 aromatic rings. The maximum atomic E-state index is 13.8. The number of nitrogens with zero attached hydrogens (tertiary/aromatic N) is 6. The van der Waals surface area contributed by atoms with Gasteiger partial charge in [0.1, 0.15) is 82.1 Å². The van der Waals surface area contributed by atoms with Crippen molar-refractivity contribution in [3.63, 3.8) is 0 Å². The van der Waals surface area contributed by atoms with Crippen molar-refractivity contribution in [1.29, 1.82) is 0 Å². The third-order valence-electron chi connectivity index (χ3n) is 14.8. The average molecular weight is 2170 g/mol. The van der Waals surface area contributed by atoms with Gasteiger partial charge in [0, 0.05) is 36.9 Å². The van der Waals surface area contributed by atoms with Crippen LogP contribution >= 0.6 is 163 Å².